The monoisotopic (exact) mass is 496 g/mol. The first kappa shape index (κ1) is 28.1. The second-order valence-corrected chi connectivity index (χ2v) is 9.48. The molecule has 0 aliphatic carbocycles. The predicted octanol–water partition coefficient (Wildman–Crippen LogP) is 2.83. The first-order chi connectivity index (χ1) is 17.5. The van der Waals surface area contributed by atoms with Gasteiger partial charge >= 0.3 is 0 Å². The van der Waals surface area contributed by atoms with Crippen molar-refractivity contribution in [2.24, 2.45) is 0 Å². The summed E-state index contributed by atoms with van der Waals surface area (Å²) in [6.45, 7) is 5.95. The van der Waals surface area contributed by atoms with Crippen LogP contribution in [0.4, 0.5) is 0 Å². The van der Waals surface area contributed by atoms with Gasteiger partial charge in [-0.3, -0.25) is 19.3 Å². The Morgan fingerprint density at radius 3 is 1.39 bits per heavy atom. The van der Waals surface area contributed by atoms with Crippen molar-refractivity contribution in [1.82, 2.24) is 21.6 Å². The van der Waals surface area contributed by atoms with E-state index in [1.807, 2.05) is 60.7 Å². The van der Waals surface area contributed by atoms with Crippen LogP contribution in [0.1, 0.15) is 50.7 Å². The molecule has 2 aromatic carbocycles. The standard InChI is InChI=1S/2C14H20N2O2/c2*1-11(17)14-8-7-13(9-15-14)16-18-10-12-5-3-2-4-6-12/h2*2-6,13-16H,7-10H2,1H3/t2*13-,14+/m11/s1. The van der Waals surface area contributed by atoms with Crippen molar-refractivity contribution in [3.63, 3.8) is 0 Å². The summed E-state index contributed by atoms with van der Waals surface area (Å²) in [6, 6.07) is 20.7. The molecule has 4 rings (SSSR count). The summed E-state index contributed by atoms with van der Waals surface area (Å²) in [5, 5.41) is 6.45. The Bertz CT molecular complexity index is 821. The van der Waals surface area contributed by atoms with Gasteiger partial charge in [-0.2, -0.15) is 11.0 Å². The molecule has 36 heavy (non-hydrogen) atoms. The van der Waals surface area contributed by atoms with Crippen LogP contribution in [-0.2, 0) is 32.5 Å². The third kappa shape index (κ3) is 10.3. The lowest BCUT2D eigenvalue weighted by atomic mass is 9.99. The van der Waals surface area contributed by atoms with Crippen LogP contribution in [0.25, 0.3) is 0 Å². The molecule has 0 saturated carbocycles. The summed E-state index contributed by atoms with van der Waals surface area (Å²) in [5.41, 5.74) is 8.41. The van der Waals surface area contributed by atoms with Crippen LogP contribution in [0.3, 0.4) is 0 Å². The Balaban J connectivity index is 0.000000201. The van der Waals surface area contributed by atoms with Crippen LogP contribution in [0, 0.1) is 0 Å². The van der Waals surface area contributed by atoms with Crippen LogP contribution in [0.15, 0.2) is 60.7 Å². The van der Waals surface area contributed by atoms with Gasteiger partial charge in [-0.25, -0.2) is 0 Å². The van der Waals surface area contributed by atoms with Gasteiger partial charge in [0.25, 0.3) is 0 Å². The number of carbonyl (C=O) groups is 2. The van der Waals surface area contributed by atoms with E-state index in [4.69, 9.17) is 9.68 Å². The summed E-state index contributed by atoms with van der Waals surface area (Å²) in [7, 11) is 0. The topological polar surface area (TPSA) is 101 Å². The first-order valence-electron chi connectivity index (χ1n) is 12.8. The van der Waals surface area contributed by atoms with E-state index in [-0.39, 0.29) is 35.7 Å². The van der Waals surface area contributed by atoms with Gasteiger partial charge in [0.15, 0.2) is 0 Å². The van der Waals surface area contributed by atoms with Gasteiger partial charge in [0.05, 0.1) is 25.3 Å². The number of hydrogen-bond donors (Lipinski definition) is 4. The Morgan fingerprint density at radius 1 is 0.694 bits per heavy atom. The Morgan fingerprint density at radius 2 is 1.08 bits per heavy atom. The second kappa shape index (κ2) is 15.6. The molecule has 2 aromatic rings. The smallest absolute Gasteiger partial charge is 0.146 e. The number of ketones is 2. The van der Waals surface area contributed by atoms with Crippen LogP contribution in [-0.4, -0.2) is 48.8 Å². The van der Waals surface area contributed by atoms with Crippen LogP contribution in [0.5, 0.6) is 0 Å². The number of piperidine rings is 2. The van der Waals surface area contributed by atoms with E-state index >= 15 is 0 Å². The maximum atomic E-state index is 11.2. The van der Waals surface area contributed by atoms with Crippen LogP contribution < -0.4 is 21.6 Å². The third-order valence-electron chi connectivity index (χ3n) is 6.47. The van der Waals surface area contributed by atoms with Crippen molar-refractivity contribution in [2.75, 3.05) is 13.1 Å². The largest absolute Gasteiger partial charge is 0.306 e. The van der Waals surface area contributed by atoms with E-state index in [9.17, 15) is 9.59 Å². The first-order valence-corrected chi connectivity index (χ1v) is 12.8. The van der Waals surface area contributed by atoms with E-state index in [1.54, 1.807) is 13.8 Å². The predicted molar refractivity (Wildman–Crippen MR) is 140 cm³/mol. The summed E-state index contributed by atoms with van der Waals surface area (Å²) in [6.07, 6.45) is 3.68. The highest BCUT2D eigenvalue weighted by molar-refractivity contribution is 5.81. The molecule has 2 aliphatic rings. The average Bonchev–Trinajstić information content (AvgIpc) is 2.91. The maximum absolute atomic E-state index is 11.2. The van der Waals surface area contributed by atoms with Crippen LogP contribution in [0.2, 0.25) is 0 Å². The van der Waals surface area contributed by atoms with Crippen molar-refractivity contribution in [1.29, 1.82) is 0 Å². The minimum absolute atomic E-state index is 0.0252. The molecular weight excluding hydrogens is 456 g/mol. The number of hydroxylamine groups is 2. The molecule has 8 heteroatoms. The van der Waals surface area contributed by atoms with Gasteiger partial charge in [0.2, 0.25) is 0 Å². The molecule has 0 amide bonds. The zero-order valence-electron chi connectivity index (χ0n) is 21.4. The van der Waals surface area contributed by atoms with Crippen molar-refractivity contribution < 1.29 is 19.3 Å². The summed E-state index contributed by atoms with van der Waals surface area (Å²) >= 11 is 0. The highest BCUT2D eigenvalue weighted by atomic mass is 16.6. The molecule has 0 bridgehead atoms. The lowest BCUT2D eigenvalue weighted by Gasteiger charge is -2.28. The molecular formula is C28H40N4O4. The van der Waals surface area contributed by atoms with E-state index in [0.717, 1.165) is 49.9 Å². The van der Waals surface area contributed by atoms with E-state index < -0.39 is 0 Å². The fraction of sp³-hybridized carbons (Fsp3) is 0.500. The molecule has 0 spiro atoms. The van der Waals surface area contributed by atoms with Gasteiger partial charge in [-0.15, -0.1) is 0 Å². The lowest BCUT2D eigenvalue weighted by molar-refractivity contribution is -0.120. The maximum Gasteiger partial charge on any atom is 0.146 e. The molecule has 8 nitrogen and oxygen atoms in total. The van der Waals surface area contributed by atoms with E-state index in [0.29, 0.717) is 13.2 Å². The summed E-state index contributed by atoms with van der Waals surface area (Å²) in [5.74, 6) is 0.442. The number of nitrogens with one attached hydrogen (secondary N) is 4. The zero-order valence-corrected chi connectivity index (χ0v) is 21.4. The fourth-order valence-electron chi connectivity index (χ4n) is 4.24. The van der Waals surface area contributed by atoms with E-state index in [2.05, 4.69) is 21.6 Å². The fourth-order valence-corrected chi connectivity index (χ4v) is 4.24. The summed E-state index contributed by atoms with van der Waals surface area (Å²) in [4.78, 5) is 33.3. The van der Waals surface area contributed by atoms with Gasteiger partial charge in [0.1, 0.15) is 11.6 Å². The molecule has 0 aromatic heterocycles. The van der Waals surface area contributed by atoms with Gasteiger partial charge < -0.3 is 10.6 Å². The molecule has 4 atom stereocenters. The number of rotatable bonds is 10. The number of hydrogen-bond acceptors (Lipinski definition) is 8. The van der Waals surface area contributed by atoms with Gasteiger partial charge in [-0.05, 0) is 50.7 Å². The Hall–Kier alpha value is -2.46. The number of benzene rings is 2. The molecule has 2 fully saturated rings. The van der Waals surface area contributed by atoms with Crippen molar-refractivity contribution in [3.05, 3.63) is 71.8 Å². The Kier molecular flexibility index (Phi) is 12.2. The number of carbonyl (C=O) groups excluding carboxylic acids is 2. The molecule has 2 saturated heterocycles. The van der Waals surface area contributed by atoms with E-state index in [1.165, 1.54) is 0 Å². The normalized spacial score (nSPS) is 23.8. The highest BCUT2D eigenvalue weighted by Crippen LogP contribution is 2.10. The molecule has 196 valence electrons. The molecule has 0 radical (unpaired) electrons. The number of Topliss-reactive ketones (excluding diaryl/α,β-unsaturated/α-hetero) is 2. The van der Waals surface area contributed by atoms with Crippen molar-refractivity contribution in [2.45, 2.75) is 76.9 Å². The van der Waals surface area contributed by atoms with Crippen molar-refractivity contribution in [3.8, 4) is 0 Å². The molecule has 0 unspecified atom stereocenters. The lowest BCUT2D eigenvalue weighted by Crippen LogP contribution is -2.50. The molecule has 4 N–H and O–H groups in total. The quantitative estimate of drug-likeness (QED) is 0.373. The highest BCUT2D eigenvalue weighted by Gasteiger charge is 2.24. The zero-order chi connectivity index (χ0) is 25.6. The van der Waals surface area contributed by atoms with Crippen LogP contribution >= 0.6 is 0 Å². The Labute approximate surface area is 214 Å². The van der Waals surface area contributed by atoms with Gasteiger partial charge in [-0.1, -0.05) is 60.7 Å². The average molecular weight is 497 g/mol. The van der Waals surface area contributed by atoms with Gasteiger partial charge in [0, 0.05) is 25.2 Å². The minimum Gasteiger partial charge on any atom is -0.306 e. The minimum atomic E-state index is 0.0252. The molecule has 2 aliphatic heterocycles. The SMILES string of the molecule is CC(=O)[C@@H]1CC[C@@H](NOCc2ccccc2)CN1.CC(=O)[C@@H]1CC[C@@H](NOCc2ccccc2)CN1. The second-order valence-electron chi connectivity index (χ2n) is 9.48. The van der Waals surface area contributed by atoms with Crippen molar-refractivity contribution >= 4 is 11.6 Å². The third-order valence-corrected chi connectivity index (χ3v) is 6.47. The molecule has 2 heterocycles. The summed E-state index contributed by atoms with van der Waals surface area (Å²) < 4.78 is 0.